The van der Waals surface area contributed by atoms with Crippen LogP contribution >= 0.6 is 11.3 Å². The molecular weight excluding hydrogens is 256 g/mol. The monoisotopic (exact) mass is 272 g/mol. The molecule has 0 N–H and O–H groups in total. The molecule has 2 heterocycles. The summed E-state index contributed by atoms with van der Waals surface area (Å²) in [5, 5.41) is 0.659. The van der Waals surface area contributed by atoms with E-state index in [9.17, 15) is 4.79 Å². The van der Waals surface area contributed by atoms with Crippen molar-refractivity contribution in [3.8, 4) is 0 Å². The number of carbonyl (C=O) groups excluding carboxylic acids is 1. The van der Waals surface area contributed by atoms with Crippen molar-refractivity contribution in [3.63, 3.8) is 0 Å². The molecule has 2 aromatic rings. The minimum Gasteiger partial charge on any atom is -0.294 e. The van der Waals surface area contributed by atoms with Crippen molar-refractivity contribution in [2.24, 2.45) is 0 Å². The van der Waals surface area contributed by atoms with Crippen LogP contribution in [0.15, 0.2) is 30.3 Å². The molecule has 3 rings (SSSR count). The molecule has 1 aliphatic heterocycles. The number of ketones is 1. The summed E-state index contributed by atoms with van der Waals surface area (Å²) in [5.41, 5.74) is 2.46. The minimum absolute atomic E-state index is 0.0778. The van der Waals surface area contributed by atoms with Crippen molar-refractivity contribution >= 4 is 17.1 Å². The van der Waals surface area contributed by atoms with Crippen LogP contribution < -0.4 is 0 Å². The second-order valence-corrected chi connectivity index (χ2v) is 5.97. The Balaban J connectivity index is 1.73. The van der Waals surface area contributed by atoms with Gasteiger partial charge in [-0.2, -0.15) is 0 Å². The Morgan fingerprint density at radius 1 is 1.37 bits per heavy atom. The highest BCUT2D eigenvalue weighted by Gasteiger charge is 2.21. The van der Waals surface area contributed by atoms with Gasteiger partial charge in [0.1, 0.15) is 0 Å². The molecule has 0 saturated heterocycles. The SMILES string of the molecule is CC(=O)c1nc2c(s1)CN(Cc1ccccc1)CC2. The molecule has 19 heavy (non-hydrogen) atoms. The maximum atomic E-state index is 11.4. The van der Waals surface area contributed by atoms with E-state index in [-0.39, 0.29) is 5.78 Å². The van der Waals surface area contributed by atoms with Gasteiger partial charge in [0, 0.05) is 37.9 Å². The fourth-order valence-electron chi connectivity index (χ4n) is 2.38. The first-order valence-corrected chi connectivity index (χ1v) is 7.30. The smallest absolute Gasteiger partial charge is 0.188 e. The first-order chi connectivity index (χ1) is 9.22. The molecule has 0 aliphatic carbocycles. The summed E-state index contributed by atoms with van der Waals surface area (Å²) >= 11 is 1.56. The number of hydrogen-bond donors (Lipinski definition) is 0. The van der Waals surface area contributed by atoms with Crippen LogP contribution in [0, 0.1) is 0 Å². The van der Waals surface area contributed by atoms with Crippen molar-refractivity contribution in [2.45, 2.75) is 26.4 Å². The van der Waals surface area contributed by atoms with Crippen molar-refractivity contribution in [1.82, 2.24) is 9.88 Å². The third-order valence-electron chi connectivity index (χ3n) is 3.36. The lowest BCUT2D eigenvalue weighted by atomic mass is 10.1. The summed E-state index contributed by atoms with van der Waals surface area (Å²) in [6.45, 7) is 4.48. The number of thiazole rings is 1. The highest BCUT2D eigenvalue weighted by atomic mass is 32.1. The Bertz CT molecular complexity index is 591. The molecular formula is C15H16N2OS. The molecule has 3 nitrogen and oxygen atoms in total. The van der Waals surface area contributed by atoms with Gasteiger partial charge < -0.3 is 0 Å². The molecule has 1 aromatic heterocycles. The number of hydrogen-bond acceptors (Lipinski definition) is 4. The average Bonchev–Trinajstić information content (AvgIpc) is 2.83. The van der Waals surface area contributed by atoms with Gasteiger partial charge in [-0.3, -0.25) is 9.69 Å². The minimum atomic E-state index is 0.0778. The number of rotatable bonds is 3. The third-order valence-corrected chi connectivity index (χ3v) is 4.54. The Kier molecular flexibility index (Phi) is 3.44. The molecule has 0 amide bonds. The Morgan fingerprint density at radius 3 is 2.89 bits per heavy atom. The van der Waals surface area contributed by atoms with Gasteiger partial charge in [0.2, 0.25) is 0 Å². The highest BCUT2D eigenvalue weighted by Crippen LogP contribution is 2.26. The molecule has 0 fully saturated rings. The molecule has 0 atom stereocenters. The zero-order valence-electron chi connectivity index (χ0n) is 10.9. The predicted molar refractivity (Wildman–Crippen MR) is 76.4 cm³/mol. The lowest BCUT2D eigenvalue weighted by molar-refractivity contribution is 0.101. The first kappa shape index (κ1) is 12.5. The predicted octanol–water partition coefficient (Wildman–Crippen LogP) is 2.90. The number of carbonyl (C=O) groups is 1. The number of Topliss-reactive ketones (excluding diaryl/α,β-unsaturated/α-hetero) is 1. The summed E-state index contributed by atoms with van der Waals surface area (Å²) in [6.07, 6.45) is 0.950. The normalized spacial score (nSPS) is 15.2. The maximum absolute atomic E-state index is 11.4. The van der Waals surface area contributed by atoms with Crippen molar-refractivity contribution in [1.29, 1.82) is 0 Å². The largest absolute Gasteiger partial charge is 0.294 e. The lowest BCUT2D eigenvalue weighted by Crippen LogP contribution is -2.29. The second-order valence-electron chi connectivity index (χ2n) is 4.89. The van der Waals surface area contributed by atoms with Gasteiger partial charge in [0.15, 0.2) is 10.8 Å². The topological polar surface area (TPSA) is 33.2 Å². The molecule has 0 bridgehead atoms. The Hall–Kier alpha value is -1.52. The summed E-state index contributed by atoms with van der Waals surface area (Å²) in [6, 6.07) is 10.5. The van der Waals surface area contributed by atoms with E-state index < -0.39 is 0 Å². The molecule has 1 aromatic carbocycles. The molecule has 0 radical (unpaired) electrons. The van der Waals surface area contributed by atoms with Crippen molar-refractivity contribution in [2.75, 3.05) is 6.54 Å². The fraction of sp³-hybridized carbons (Fsp3) is 0.333. The van der Waals surface area contributed by atoms with E-state index in [4.69, 9.17) is 0 Å². The maximum Gasteiger partial charge on any atom is 0.188 e. The van der Waals surface area contributed by atoms with Gasteiger partial charge >= 0.3 is 0 Å². The van der Waals surface area contributed by atoms with E-state index in [1.807, 2.05) is 6.07 Å². The molecule has 98 valence electrons. The summed E-state index contributed by atoms with van der Waals surface area (Å²) in [7, 11) is 0. The van der Waals surface area contributed by atoms with Crippen LogP contribution in [0.1, 0.15) is 32.9 Å². The lowest BCUT2D eigenvalue weighted by Gasteiger charge is -2.25. The van der Waals surface area contributed by atoms with Crippen LogP contribution in [-0.4, -0.2) is 22.2 Å². The molecule has 0 saturated carbocycles. The van der Waals surface area contributed by atoms with Gasteiger partial charge in [0.25, 0.3) is 0 Å². The first-order valence-electron chi connectivity index (χ1n) is 6.48. The fourth-order valence-corrected chi connectivity index (χ4v) is 3.42. The van der Waals surface area contributed by atoms with Crippen LogP contribution in [0.4, 0.5) is 0 Å². The van der Waals surface area contributed by atoms with Crippen molar-refractivity contribution < 1.29 is 4.79 Å². The molecule has 4 heteroatoms. The average molecular weight is 272 g/mol. The van der Waals surface area contributed by atoms with Crippen molar-refractivity contribution in [3.05, 3.63) is 51.5 Å². The van der Waals surface area contributed by atoms with E-state index in [1.165, 1.54) is 10.4 Å². The number of nitrogens with zero attached hydrogens (tertiary/aromatic N) is 2. The van der Waals surface area contributed by atoms with Gasteiger partial charge in [-0.1, -0.05) is 30.3 Å². The van der Waals surface area contributed by atoms with E-state index in [2.05, 4.69) is 34.1 Å². The van der Waals surface area contributed by atoms with E-state index in [1.54, 1.807) is 18.3 Å². The summed E-state index contributed by atoms with van der Waals surface area (Å²) in [5.74, 6) is 0.0778. The second kappa shape index (κ2) is 5.23. The van der Waals surface area contributed by atoms with Gasteiger partial charge in [0.05, 0.1) is 5.69 Å². The quantitative estimate of drug-likeness (QED) is 0.806. The third kappa shape index (κ3) is 2.74. The van der Waals surface area contributed by atoms with Crippen LogP contribution in [0.2, 0.25) is 0 Å². The van der Waals surface area contributed by atoms with E-state index in [0.29, 0.717) is 5.01 Å². The van der Waals surface area contributed by atoms with Crippen LogP contribution in [-0.2, 0) is 19.5 Å². The number of fused-ring (bicyclic) bond motifs is 1. The standard InChI is InChI=1S/C15H16N2OS/c1-11(18)15-16-13-7-8-17(10-14(13)19-15)9-12-5-3-2-4-6-12/h2-6H,7-10H2,1H3. The molecule has 0 unspecified atom stereocenters. The Labute approximate surface area is 116 Å². The van der Waals surface area contributed by atoms with E-state index in [0.717, 1.165) is 31.7 Å². The van der Waals surface area contributed by atoms with Crippen LogP contribution in [0.5, 0.6) is 0 Å². The number of aromatic nitrogens is 1. The summed E-state index contributed by atoms with van der Waals surface area (Å²) in [4.78, 5) is 19.5. The van der Waals surface area contributed by atoms with Gasteiger partial charge in [-0.25, -0.2) is 4.98 Å². The van der Waals surface area contributed by atoms with Crippen LogP contribution in [0.25, 0.3) is 0 Å². The van der Waals surface area contributed by atoms with Gasteiger partial charge in [-0.15, -0.1) is 11.3 Å². The number of benzene rings is 1. The zero-order chi connectivity index (χ0) is 13.2. The van der Waals surface area contributed by atoms with Gasteiger partial charge in [-0.05, 0) is 5.56 Å². The summed E-state index contributed by atoms with van der Waals surface area (Å²) < 4.78 is 0. The zero-order valence-corrected chi connectivity index (χ0v) is 11.7. The highest BCUT2D eigenvalue weighted by molar-refractivity contribution is 7.13. The van der Waals surface area contributed by atoms with E-state index >= 15 is 0 Å². The van der Waals surface area contributed by atoms with Crippen LogP contribution in [0.3, 0.4) is 0 Å². The molecule has 0 spiro atoms. The Morgan fingerprint density at radius 2 is 2.16 bits per heavy atom. The molecule has 1 aliphatic rings.